The number of amides is 2. The number of rotatable bonds is 10. The third-order valence-electron chi connectivity index (χ3n) is 8.82. The molecule has 2 aliphatic heterocycles. The first-order valence-corrected chi connectivity index (χ1v) is 17.0. The lowest BCUT2D eigenvalue weighted by molar-refractivity contribution is -0.138. The van der Waals surface area contributed by atoms with Gasteiger partial charge in [-0.25, -0.2) is 15.0 Å². The van der Waals surface area contributed by atoms with Crippen LogP contribution < -0.4 is 10.1 Å². The second-order valence-electron chi connectivity index (χ2n) is 12.6. The number of aromatic nitrogens is 7. The maximum Gasteiger partial charge on any atom is 0.258 e. The van der Waals surface area contributed by atoms with E-state index in [1.54, 1.807) is 41.8 Å². The number of nitrogens with one attached hydrogen (secondary N) is 2. The lowest BCUT2D eigenvalue weighted by Crippen LogP contribution is -2.48. The van der Waals surface area contributed by atoms with Gasteiger partial charge in [0.25, 0.3) is 5.91 Å². The SMILES string of the molecule is COC1(C(=O)Nc2ccc3[nH]nc(-c4ccc(OC(C)C)nc4)c3c2)CCN(CC(=O)N2CC=C(c3ncc(-c4ncn(C)n4)s3)CC2)C1. The van der Waals surface area contributed by atoms with Crippen molar-refractivity contribution in [1.29, 1.82) is 0 Å². The molecule has 0 spiro atoms. The number of nitrogens with zero attached hydrogens (tertiary/aromatic N) is 8. The van der Waals surface area contributed by atoms with Crippen LogP contribution in [0.3, 0.4) is 0 Å². The maximum absolute atomic E-state index is 13.7. The zero-order chi connectivity index (χ0) is 34.1. The maximum atomic E-state index is 13.7. The molecule has 6 heterocycles. The molecule has 0 aliphatic carbocycles. The molecule has 5 aromatic rings. The second-order valence-corrected chi connectivity index (χ2v) is 13.6. The van der Waals surface area contributed by atoms with Gasteiger partial charge < -0.3 is 19.7 Å². The number of methoxy groups -OCH3 is 1. The molecule has 49 heavy (non-hydrogen) atoms. The zero-order valence-corrected chi connectivity index (χ0v) is 28.7. The number of carbonyl (C=O) groups is 2. The van der Waals surface area contributed by atoms with Crippen LogP contribution in [0.1, 0.15) is 31.7 Å². The molecule has 0 bridgehead atoms. The van der Waals surface area contributed by atoms with E-state index in [2.05, 4.69) is 41.6 Å². The van der Waals surface area contributed by atoms with Crippen molar-refractivity contribution >= 4 is 45.3 Å². The standard InChI is InChI=1S/C34H38N10O4S/c1-21(2)48-28-8-5-23(16-35-28)30-25-15-24(6-7-26(25)39-40-30)38-33(46)34(47-4)11-14-43(19-34)18-29(45)44-12-9-22(10-13-44)32-36-17-27(49-32)31-37-20-42(3)41-31/h5-9,15-17,20-21H,10-14,18-19H2,1-4H3,(H,38,46)(H,39,40). The van der Waals surface area contributed by atoms with Crippen LogP contribution in [0.25, 0.3) is 38.4 Å². The van der Waals surface area contributed by atoms with Crippen LogP contribution in [0.15, 0.2) is 55.1 Å². The molecular weight excluding hydrogens is 645 g/mol. The summed E-state index contributed by atoms with van der Waals surface area (Å²) in [5.74, 6) is 0.981. The lowest BCUT2D eigenvalue weighted by atomic mass is 10.0. The average molecular weight is 683 g/mol. The minimum absolute atomic E-state index is 0.0244. The van der Waals surface area contributed by atoms with Gasteiger partial charge in [-0.15, -0.1) is 11.3 Å². The first-order valence-electron chi connectivity index (χ1n) is 16.2. The first-order chi connectivity index (χ1) is 23.7. The number of anilines is 1. The van der Waals surface area contributed by atoms with Crippen LogP contribution >= 0.6 is 11.3 Å². The van der Waals surface area contributed by atoms with E-state index in [9.17, 15) is 9.59 Å². The number of aromatic amines is 1. The summed E-state index contributed by atoms with van der Waals surface area (Å²) in [6, 6.07) is 9.34. The number of carbonyl (C=O) groups excluding carboxylic acids is 2. The van der Waals surface area contributed by atoms with Crippen LogP contribution in [0.4, 0.5) is 5.69 Å². The van der Waals surface area contributed by atoms with Gasteiger partial charge in [0.1, 0.15) is 17.0 Å². The van der Waals surface area contributed by atoms with E-state index >= 15 is 0 Å². The number of fused-ring (bicyclic) bond motifs is 1. The molecule has 0 radical (unpaired) electrons. The van der Waals surface area contributed by atoms with Crippen LogP contribution in [0.5, 0.6) is 5.88 Å². The Balaban J connectivity index is 0.962. The number of ether oxygens (including phenoxy) is 2. The summed E-state index contributed by atoms with van der Waals surface area (Å²) in [6.45, 7) is 6.13. The highest BCUT2D eigenvalue weighted by Gasteiger charge is 2.45. The number of aryl methyl sites for hydroxylation is 1. The van der Waals surface area contributed by atoms with Crippen LogP contribution in [0, 0.1) is 0 Å². The molecular formula is C34H38N10O4S. The summed E-state index contributed by atoms with van der Waals surface area (Å²) < 4.78 is 13.2. The summed E-state index contributed by atoms with van der Waals surface area (Å²) >= 11 is 1.56. The van der Waals surface area contributed by atoms with Gasteiger partial charge in [0, 0.05) is 75.4 Å². The number of benzene rings is 1. The van der Waals surface area contributed by atoms with Gasteiger partial charge in [-0.05, 0) is 56.5 Å². The lowest BCUT2D eigenvalue weighted by Gasteiger charge is -2.29. The number of pyridine rings is 1. The molecule has 2 amide bonds. The second kappa shape index (κ2) is 13.5. The smallest absolute Gasteiger partial charge is 0.258 e. The quantitative estimate of drug-likeness (QED) is 0.221. The summed E-state index contributed by atoms with van der Waals surface area (Å²) in [7, 11) is 3.38. The number of H-pyrrole nitrogens is 1. The first kappa shape index (κ1) is 32.6. The number of hydrogen-bond acceptors (Lipinski definition) is 11. The monoisotopic (exact) mass is 682 g/mol. The Morgan fingerprint density at radius 2 is 2.00 bits per heavy atom. The highest BCUT2D eigenvalue weighted by Crippen LogP contribution is 2.33. The summed E-state index contributed by atoms with van der Waals surface area (Å²) in [6.07, 6.45) is 8.48. The summed E-state index contributed by atoms with van der Waals surface area (Å²) in [5.41, 5.74) is 3.05. The Morgan fingerprint density at radius 1 is 1.12 bits per heavy atom. The van der Waals surface area contributed by atoms with Gasteiger partial charge in [0.05, 0.1) is 23.0 Å². The van der Waals surface area contributed by atoms with Crippen LogP contribution in [0.2, 0.25) is 0 Å². The number of likely N-dealkylation sites (tertiary alicyclic amines) is 1. The Hall–Kier alpha value is -4.99. The molecule has 2 N–H and O–H groups in total. The molecule has 0 saturated carbocycles. The van der Waals surface area contributed by atoms with E-state index in [0.29, 0.717) is 50.0 Å². The van der Waals surface area contributed by atoms with Crippen molar-refractivity contribution in [2.45, 2.75) is 38.4 Å². The molecule has 1 fully saturated rings. The Bertz CT molecular complexity index is 2020. The molecule has 2 aliphatic rings. The largest absolute Gasteiger partial charge is 0.475 e. The van der Waals surface area contributed by atoms with Crippen LogP contribution in [-0.2, 0) is 21.4 Å². The van der Waals surface area contributed by atoms with E-state index < -0.39 is 5.60 Å². The van der Waals surface area contributed by atoms with Crippen LogP contribution in [-0.4, -0.2) is 108 Å². The Labute approximate surface area is 287 Å². The van der Waals surface area contributed by atoms with Crippen molar-refractivity contribution in [2.24, 2.45) is 7.05 Å². The molecule has 1 unspecified atom stereocenters. The highest BCUT2D eigenvalue weighted by molar-refractivity contribution is 7.16. The molecule has 14 nitrogen and oxygen atoms in total. The molecule has 7 rings (SSSR count). The Morgan fingerprint density at radius 3 is 2.71 bits per heavy atom. The van der Waals surface area contributed by atoms with E-state index in [4.69, 9.17) is 9.47 Å². The number of hydrogen-bond donors (Lipinski definition) is 2. The topological polar surface area (TPSA) is 156 Å². The van der Waals surface area contributed by atoms with Crippen molar-refractivity contribution < 1.29 is 19.1 Å². The van der Waals surface area contributed by atoms with E-state index in [1.165, 1.54) is 0 Å². The number of thiazole rings is 1. The Kier molecular flexibility index (Phi) is 8.96. The fraction of sp³-hybridized carbons (Fsp3) is 0.382. The van der Waals surface area contributed by atoms with Gasteiger partial charge >= 0.3 is 0 Å². The molecule has 15 heteroatoms. The highest BCUT2D eigenvalue weighted by atomic mass is 32.1. The van der Waals surface area contributed by atoms with Crippen molar-refractivity contribution in [2.75, 3.05) is 45.2 Å². The molecule has 4 aromatic heterocycles. The molecule has 1 saturated heterocycles. The summed E-state index contributed by atoms with van der Waals surface area (Å²) in [4.78, 5) is 45.1. The van der Waals surface area contributed by atoms with Gasteiger partial charge in [-0.1, -0.05) is 6.08 Å². The predicted octanol–water partition coefficient (Wildman–Crippen LogP) is 4.01. The minimum Gasteiger partial charge on any atom is -0.475 e. The third kappa shape index (κ3) is 6.82. The van der Waals surface area contributed by atoms with Gasteiger partial charge in [-0.2, -0.15) is 10.2 Å². The van der Waals surface area contributed by atoms with E-state index in [-0.39, 0.29) is 24.5 Å². The fourth-order valence-electron chi connectivity index (χ4n) is 6.19. The third-order valence-corrected chi connectivity index (χ3v) is 9.89. The predicted molar refractivity (Wildman–Crippen MR) is 186 cm³/mol. The molecule has 1 aromatic carbocycles. The minimum atomic E-state index is -1.08. The van der Waals surface area contributed by atoms with Crippen molar-refractivity contribution in [3.8, 4) is 27.8 Å². The fourth-order valence-corrected chi connectivity index (χ4v) is 7.11. The van der Waals surface area contributed by atoms with E-state index in [1.807, 2.05) is 61.0 Å². The zero-order valence-electron chi connectivity index (χ0n) is 27.8. The molecule has 254 valence electrons. The van der Waals surface area contributed by atoms with E-state index in [0.717, 1.165) is 44.0 Å². The van der Waals surface area contributed by atoms with Crippen molar-refractivity contribution in [1.82, 2.24) is 44.7 Å². The van der Waals surface area contributed by atoms with Crippen molar-refractivity contribution in [3.05, 3.63) is 60.1 Å². The van der Waals surface area contributed by atoms with Gasteiger partial charge in [0.2, 0.25) is 11.8 Å². The van der Waals surface area contributed by atoms with Gasteiger partial charge in [0.15, 0.2) is 11.4 Å². The molecule has 1 atom stereocenters. The van der Waals surface area contributed by atoms with Crippen molar-refractivity contribution in [3.63, 3.8) is 0 Å². The average Bonchev–Trinajstić information content (AvgIpc) is 3.92. The normalized spacial score (nSPS) is 18.3. The van der Waals surface area contributed by atoms with Gasteiger partial charge in [-0.3, -0.25) is 24.3 Å². The summed E-state index contributed by atoms with van der Waals surface area (Å²) in [5, 5.41) is 16.7.